The van der Waals surface area contributed by atoms with Crippen LogP contribution in [-0.2, 0) is 14.3 Å². The molecule has 382 valence electrons. The summed E-state index contributed by atoms with van der Waals surface area (Å²) in [6.45, 7) is 4.90. The number of aliphatic hydroxyl groups excluding tert-OH is 2. The zero-order valence-electron chi connectivity index (χ0n) is 43.5. The first-order chi connectivity index (χ1) is 32.0. The summed E-state index contributed by atoms with van der Waals surface area (Å²) in [4.78, 5) is 24.5. The van der Waals surface area contributed by atoms with Gasteiger partial charge in [0.2, 0.25) is 5.91 Å². The molecule has 6 heteroatoms. The summed E-state index contributed by atoms with van der Waals surface area (Å²) in [5, 5.41) is 23.3. The van der Waals surface area contributed by atoms with Crippen LogP contribution in [0.25, 0.3) is 0 Å². The Morgan fingerprint density at radius 1 is 0.431 bits per heavy atom. The van der Waals surface area contributed by atoms with Crippen LogP contribution in [0.4, 0.5) is 0 Å². The molecule has 0 aliphatic rings. The maximum Gasteiger partial charge on any atom is 0.305 e. The van der Waals surface area contributed by atoms with Crippen molar-refractivity contribution in [1.82, 2.24) is 5.32 Å². The van der Waals surface area contributed by atoms with Gasteiger partial charge in [0.1, 0.15) is 0 Å². The monoisotopic (exact) mass is 914 g/mol. The Labute approximate surface area is 404 Å². The van der Waals surface area contributed by atoms with Crippen molar-refractivity contribution in [2.24, 2.45) is 0 Å². The van der Waals surface area contributed by atoms with E-state index >= 15 is 0 Å². The topological polar surface area (TPSA) is 95.9 Å². The van der Waals surface area contributed by atoms with Crippen molar-refractivity contribution in [2.75, 3.05) is 13.2 Å². The van der Waals surface area contributed by atoms with Gasteiger partial charge in [-0.15, -0.1) is 0 Å². The normalized spacial score (nSPS) is 12.9. The van der Waals surface area contributed by atoms with Crippen molar-refractivity contribution in [3.8, 4) is 0 Å². The van der Waals surface area contributed by atoms with Gasteiger partial charge in [-0.2, -0.15) is 0 Å². The van der Waals surface area contributed by atoms with Crippen molar-refractivity contribution in [3.63, 3.8) is 0 Å². The van der Waals surface area contributed by atoms with Crippen LogP contribution < -0.4 is 5.32 Å². The zero-order chi connectivity index (χ0) is 47.2. The molecule has 0 fully saturated rings. The maximum atomic E-state index is 12.5. The van der Waals surface area contributed by atoms with E-state index < -0.39 is 12.1 Å². The average Bonchev–Trinajstić information content (AvgIpc) is 3.31. The Balaban J connectivity index is 3.49. The third-order valence-electron chi connectivity index (χ3n) is 13.2. The molecule has 0 heterocycles. The third kappa shape index (κ3) is 51.3. The predicted molar refractivity (Wildman–Crippen MR) is 283 cm³/mol. The van der Waals surface area contributed by atoms with Crippen molar-refractivity contribution < 1.29 is 24.5 Å². The van der Waals surface area contributed by atoms with Crippen LogP contribution in [0.3, 0.4) is 0 Å². The van der Waals surface area contributed by atoms with E-state index in [9.17, 15) is 19.8 Å². The summed E-state index contributed by atoms with van der Waals surface area (Å²) in [6, 6.07) is -0.549. The Kier molecular flexibility index (Phi) is 53.1. The van der Waals surface area contributed by atoms with Crippen molar-refractivity contribution in [3.05, 3.63) is 36.5 Å². The summed E-state index contributed by atoms with van der Waals surface area (Å²) in [6.07, 6.45) is 67.0. The second kappa shape index (κ2) is 54.7. The van der Waals surface area contributed by atoms with E-state index in [2.05, 4.69) is 55.6 Å². The Morgan fingerprint density at radius 3 is 1.20 bits per heavy atom. The minimum absolute atomic E-state index is 0.0227. The number of carbonyl (C=O) groups is 2. The fourth-order valence-corrected chi connectivity index (χ4v) is 8.74. The van der Waals surface area contributed by atoms with Gasteiger partial charge in [-0.1, -0.05) is 243 Å². The van der Waals surface area contributed by atoms with Crippen molar-refractivity contribution in [1.29, 1.82) is 0 Å². The molecule has 65 heavy (non-hydrogen) atoms. The Hall–Kier alpha value is -1.92. The van der Waals surface area contributed by atoms with Gasteiger partial charge in [-0.05, 0) is 83.5 Å². The largest absolute Gasteiger partial charge is 0.466 e. The lowest BCUT2D eigenvalue weighted by atomic mass is 10.0. The standard InChI is InChI=1S/C59H111NO5/c1-3-5-7-9-11-13-15-17-18-24-28-31-35-39-43-47-51-57(62)56(55-61)60-58(63)52-48-44-40-36-32-29-25-22-20-19-21-23-26-30-34-38-42-46-50-54-65-59(64)53-49-45-41-37-33-27-16-14-12-10-8-6-4-2/h14,16,23,26,30,34,56-57,61-62H,3-13,15,17-22,24-25,27-29,31-33,35-55H2,1-2H3,(H,60,63)/b16-14-,26-23-,34-30-. The van der Waals surface area contributed by atoms with Crippen LogP contribution in [0.1, 0.15) is 303 Å². The van der Waals surface area contributed by atoms with Crippen LogP contribution in [0, 0.1) is 0 Å². The molecule has 0 rings (SSSR count). The van der Waals surface area contributed by atoms with E-state index in [0.29, 0.717) is 25.9 Å². The number of esters is 1. The zero-order valence-corrected chi connectivity index (χ0v) is 43.5. The van der Waals surface area contributed by atoms with E-state index in [4.69, 9.17) is 4.74 Å². The smallest absolute Gasteiger partial charge is 0.305 e. The molecule has 0 radical (unpaired) electrons. The summed E-state index contributed by atoms with van der Waals surface area (Å²) < 4.78 is 5.44. The number of allylic oxidation sites excluding steroid dienone is 6. The van der Waals surface area contributed by atoms with Gasteiger partial charge >= 0.3 is 5.97 Å². The highest BCUT2D eigenvalue weighted by Gasteiger charge is 2.20. The lowest BCUT2D eigenvalue weighted by Gasteiger charge is -2.22. The number of nitrogens with one attached hydrogen (secondary N) is 1. The number of ether oxygens (including phenoxy) is 1. The van der Waals surface area contributed by atoms with Crippen LogP contribution in [-0.4, -0.2) is 47.4 Å². The van der Waals surface area contributed by atoms with E-state index in [1.807, 2.05) is 0 Å². The number of hydrogen-bond donors (Lipinski definition) is 3. The SMILES string of the molecule is CCCCCC/C=C\CCCCCCCC(=O)OCCCCC/C=C\C=C/CCCCCCCCCCCCC(=O)NC(CO)C(O)CCCCCCCCCCCCCCCCCC. The minimum Gasteiger partial charge on any atom is -0.466 e. The lowest BCUT2D eigenvalue weighted by Crippen LogP contribution is -2.45. The second-order valence-corrected chi connectivity index (χ2v) is 19.6. The summed E-state index contributed by atoms with van der Waals surface area (Å²) in [5.41, 5.74) is 0. The fourth-order valence-electron chi connectivity index (χ4n) is 8.74. The molecule has 2 atom stereocenters. The Morgan fingerprint density at radius 2 is 0.769 bits per heavy atom. The molecule has 0 aliphatic carbocycles. The number of carbonyl (C=O) groups excluding carboxylic acids is 2. The first kappa shape index (κ1) is 63.1. The molecule has 2 unspecified atom stereocenters. The van der Waals surface area contributed by atoms with Crippen molar-refractivity contribution in [2.45, 2.75) is 315 Å². The summed E-state index contributed by atoms with van der Waals surface area (Å²) in [7, 11) is 0. The van der Waals surface area contributed by atoms with Crippen LogP contribution in [0.15, 0.2) is 36.5 Å². The molecule has 3 N–H and O–H groups in total. The van der Waals surface area contributed by atoms with Gasteiger partial charge in [0.15, 0.2) is 0 Å². The molecule has 0 saturated heterocycles. The summed E-state index contributed by atoms with van der Waals surface area (Å²) >= 11 is 0. The molecule has 1 amide bonds. The van der Waals surface area contributed by atoms with Gasteiger partial charge < -0.3 is 20.3 Å². The predicted octanol–water partition coefficient (Wildman–Crippen LogP) is 17.6. The molecule has 0 aromatic heterocycles. The second-order valence-electron chi connectivity index (χ2n) is 19.6. The molecule has 0 spiro atoms. The fraction of sp³-hybridized carbons (Fsp3) is 0.864. The van der Waals surface area contributed by atoms with Gasteiger partial charge in [0.05, 0.1) is 25.4 Å². The highest BCUT2D eigenvalue weighted by molar-refractivity contribution is 5.76. The average molecular weight is 915 g/mol. The van der Waals surface area contributed by atoms with Crippen LogP contribution in [0.5, 0.6) is 0 Å². The minimum atomic E-state index is -0.671. The van der Waals surface area contributed by atoms with E-state index in [1.165, 1.54) is 199 Å². The molecular formula is C59H111NO5. The quantitative estimate of drug-likeness (QED) is 0.0244. The number of amides is 1. The molecule has 0 bridgehead atoms. The molecule has 6 nitrogen and oxygen atoms in total. The highest BCUT2D eigenvalue weighted by Crippen LogP contribution is 2.17. The Bertz CT molecular complexity index is 1060. The molecular weight excluding hydrogens is 803 g/mol. The van der Waals surface area contributed by atoms with E-state index in [0.717, 1.165) is 70.6 Å². The van der Waals surface area contributed by atoms with E-state index in [-0.39, 0.29) is 18.5 Å². The number of rotatable bonds is 53. The number of unbranched alkanes of at least 4 members (excludes halogenated alkanes) is 37. The number of hydrogen-bond acceptors (Lipinski definition) is 5. The molecule has 0 aliphatic heterocycles. The van der Waals surface area contributed by atoms with Crippen LogP contribution in [0.2, 0.25) is 0 Å². The van der Waals surface area contributed by atoms with E-state index in [1.54, 1.807) is 0 Å². The number of aliphatic hydroxyl groups is 2. The van der Waals surface area contributed by atoms with Gasteiger partial charge in [0.25, 0.3) is 0 Å². The van der Waals surface area contributed by atoms with Crippen LogP contribution >= 0.6 is 0 Å². The van der Waals surface area contributed by atoms with Gasteiger partial charge in [0, 0.05) is 12.8 Å². The van der Waals surface area contributed by atoms with Gasteiger partial charge in [-0.3, -0.25) is 9.59 Å². The first-order valence-corrected chi connectivity index (χ1v) is 28.8. The van der Waals surface area contributed by atoms with Crippen molar-refractivity contribution >= 4 is 11.9 Å². The third-order valence-corrected chi connectivity index (χ3v) is 13.2. The molecule has 0 aromatic carbocycles. The maximum absolute atomic E-state index is 12.5. The highest BCUT2D eigenvalue weighted by atomic mass is 16.5. The summed E-state index contributed by atoms with van der Waals surface area (Å²) in [5.74, 6) is -0.0667. The lowest BCUT2D eigenvalue weighted by molar-refractivity contribution is -0.143. The molecule has 0 aromatic rings. The molecule has 0 saturated carbocycles. The van der Waals surface area contributed by atoms with Gasteiger partial charge in [-0.25, -0.2) is 0 Å². The first-order valence-electron chi connectivity index (χ1n) is 28.8.